The van der Waals surface area contributed by atoms with Crippen LogP contribution in [-0.2, 0) is 9.59 Å². The van der Waals surface area contributed by atoms with Crippen LogP contribution in [0.5, 0.6) is 0 Å². The minimum atomic E-state index is -1.26. The van der Waals surface area contributed by atoms with Crippen molar-refractivity contribution in [2.75, 3.05) is 56.5 Å². The summed E-state index contributed by atoms with van der Waals surface area (Å²) in [7, 11) is 0. The van der Waals surface area contributed by atoms with E-state index in [1.807, 2.05) is 34.2 Å². The first-order valence-electron chi connectivity index (χ1n) is 11.3. The molecule has 188 valence electrons. The maximum absolute atomic E-state index is 12.7. The Morgan fingerprint density at radius 3 is 2.29 bits per heavy atom. The summed E-state index contributed by atoms with van der Waals surface area (Å²) in [4.78, 5) is 47.2. The Balaban J connectivity index is 0.000000371. The summed E-state index contributed by atoms with van der Waals surface area (Å²) in [6, 6.07) is 3.83. The first-order valence-corrected chi connectivity index (χ1v) is 13.2. The molecule has 10 nitrogen and oxygen atoms in total. The molecule has 1 amide bonds. The quantitative estimate of drug-likeness (QED) is 0.396. The molecule has 2 aromatic rings. The molecule has 0 atom stereocenters. The number of rotatable bonds is 8. The number of aliphatic carboxylic acids is 2. The molecule has 1 saturated heterocycles. The second-order valence-corrected chi connectivity index (χ2v) is 10.1. The third-order valence-electron chi connectivity index (χ3n) is 5.47. The van der Waals surface area contributed by atoms with Crippen molar-refractivity contribution in [1.82, 2.24) is 19.8 Å². The van der Waals surface area contributed by atoms with Gasteiger partial charge in [0.2, 0.25) is 5.95 Å². The smallest absolute Gasteiger partial charge is 0.328 e. The van der Waals surface area contributed by atoms with Crippen LogP contribution in [0.15, 0.2) is 46.3 Å². The lowest BCUT2D eigenvalue weighted by Gasteiger charge is -2.34. The fourth-order valence-corrected chi connectivity index (χ4v) is 5.81. The lowest BCUT2D eigenvalue weighted by Crippen LogP contribution is -2.47. The van der Waals surface area contributed by atoms with Crippen molar-refractivity contribution in [3.8, 4) is 0 Å². The summed E-state index contributed by atoms with van der Waals surface area (Å²) in [5.74, 6) is -0.460. The maximum Gasteiger partial charge on any atom is 0.328 e. The van der Waals surface area contributed by atoms with Gasteiger partial charge >= 0.3 is 11.9 Å². The molecule has 0 saturated carbocycles. The van der Waals surface area contributed by atoms with Crippen molar-refractivity contribution >= 4 is 46.9 Å². The van der Waals surface area contributed by atoms with Crippen LogP contribution in [0.2, 0.25) is 0 Å². The normalized spacial score (nSPS) is 16.4. The second-order valence-electron chi connectivity index (χ2n) is 7.86. The number of hydrogen-bond acceptors (Lipinski definition) is 9. The van der Waals surface area contributed by atoms with Crippen LogP contribution in [0.25, 0.3) is 0 Å². The zero-order chi connectivity index (χ0) is 25.0. The van der Waals surface area contributed by atoms with Crippen LogP contribution in [0.4, 0.5) is 5.95 Å². The van der Waals surface area contributed by atoms with Gasteiger partial charge in [-0.2, -0.15) is 0 Å². The Kier molecular flexibility index (Phi) is 10.5. The summed E-state index contributed by atoms with van der Waals surface area (Å²) in [5.41, 5.74) is 0.904. The Morgan fingerprint density at radius 2 is 1.63 bits per heavy atom. The predicted molar refractivity (Wildman–Crippen MR) is 135 cm³/mol. The third kappa shape index (κ3) is 8.64. The summed E-state index contributed by atoms with van der Waals surface area (Å²) < 4.78 is 1.18. The molecule has 2 aromatic heterocycles. The van der Waals surface area contributed by atoms with Gasteiger partial charge < -0.3 is 20.0 Å². The van der Waals surface area contributed by atoms with E-state index in [2.05, 4.69) is 19.8 Å². The van der Waals surface area contributed by atoms with Crippen LogP contribution in [0, 0.1) is 0 Å². The first kappa shape index (κ1) is 26.6. The number of piperazine rings is 1. The molecule has 12 heteroatoms. The van der Waals surface area contributed by atoms with E-state index in [9.17, 15) is 14.4 Å². The summed E-state index contributed by atoms with van der Waals surface area (Å²) >= 11 is 3.50. The van der Waals surface area contributed by atoms with Gasteiger partial charge in [0.05, 0.1) is 9.77 Å². The summed E-state index contributed by atoms with van der Waals surface area (Å²) in [5, 5.41) is 17.7. The van der Waals surface area contributed by atoms with Crippen molar-refractivity contribution in [3.05, 3.63) is 47.6 Å². The fourth-order valence-electron chi connectivity index (χ4n) is 3.71. The first-order chi connectivity index (χ1) is 16.9. The summed E-state index contributed by atoms with van der Waals surface area (Å²) in [6.07, 6.45) is 6.92. The highest BCUT2D eigenvalue weighted by molar-refractivity contribution is 8.01. The van der Waals surface area contributed by atoms with Gasteiger partial charge in [-0.3, -0.25) is 9.69 Å². The molecule has 2 aliphatic rings. The number of aromatic nitrogens is 2. The number of hydrogen-bond donors (Lipinski definition) is 2. The number of thiophene rings is 1. The standard InChI is InChI=1S/C19H25N5OS2.C4H4O4/c25-17-16-4-14-26-18(16)27-15-13-23(17)8-2-1-7-22-9-11-24(12-10-22)19-20-5-3-6-21-19;5-3(6)1-2-4(7)8/h3-6,14H,1-2,7-13,15H2;1-2H,(H,5,6)(H,7,8)/b;2-1+. The molecule has 35 heavy (non-hydrogen) atoms. The zero-order valence-corrected chi connectivity index (χ0v) is 20.9. The van der Waals surface area contributed by atoms with Crippen LogP contribution < -0.4 is 4.90 Å². The third-order valence-corrected chi connectivity index (χ3v) is 7.69. The number of nitrogens with zero attached hydrogens (tertiary/aromatic N) is 5. The van der Waals surface area contributed by atoms with Crippen LogP contribution >= 0.6 is 23.1 Å². The number of unbranched alkanes of at least 4 members (excludes halogenated alkanes) is 1. The van der Waals surface area contributed by atoms with Crippen molar-refractivity contribution in [3.63, 3.8) is 0 Å². The number of carbonyl (C=O) groups is 3. The number of carbonyl (C=O) groups excluding carboxylic acids is 1. The van der Waals surface area contributed by atoms with Crippen molar-refractivity contribution in [2.45, 2.75) is 17.1 Å². The van der Waals surface area contributed by atoms with E-state index < -0.39 is 11.9 Å². The van der Waals surface area contributed by atoms with Gasteiger partial charge in [0.25, 0.3) is 5.91 Å². The number of carboxylic acid groups (broad SMARTS) is 2. The average molecular weight is 520 g/mol. The molecular formula is C23H29N5O5S2. The van der Waals surface area contributed by atoms with Gasteiger partial charge in [-0.05, 0) is 36.9 Å². The second kappa shape index (κ2) is 13.8. The van der Waals surface area contributed by atoms with Crippen molar-refractivity contribution in [2.24, 2.45) is 0 Å². The lowest BCUT2D eigenvalue weighted by atomic mass is 10.2. The highest BCUT2D eigenvalue weighted by Gasteiger charge is 2.23. The SMILES string of the molecule is O=C(O)/C=C/C(=O)O.O=C1c2ccsc2SCCN1CCCCN1CCN(c2ncccn2)CC1. The number of carboxylic acids is 2. The molecule has 2 aliphatic heterocycles. The molecule has 1 fully saturated rings. The minimum absolute atomic E-state index is 0.215. The van der Waals surface area contributed by atoms with Crippen LogP contribution in [0.3, 0.4) is 0 Å². The molecule has 4 rings (SSSR count). The zero-order valence-electron chi connectivity index (χ0n) is 19.3. The van der Waals surface area contributed by atoms with E-state index in [-0.39, 0.29) is 5.91 Å². The van der Waals surface area contributed by atoms with Crippen molar-refractivity contribution in [1.29, 1.82) is 0 Å². The van der Waals surface area contributed by atoms with Gasteiger partial charge in [-0.25, -0.2) is 19.6 Å². The Hall–Kier alpha value is -2.96. The van der Waals surface area contributed by atoms with Gasteiger partial charge in [0.1, 0.15) is 0 Å². The van der Waals surface area contributed by atoms with Crippen molar-refractivity contribution < 1.29 is 24.6 Å². The van der Waals surface area contributed by atoms with E-state index in [1.54, 1.807) is 23.7 Å². The topological polar surface area (TPSA) is 127 Å². The summed E-state index contributed by atoms with van der Waals surface area (Å²) in [6.45, 7) is 6.89. The predicted octanol–water partition coefficient (Wildman–Crippen LogP) is 2.40. The Morgan fingerprint density at radius 1 is 0.971 bits per heavy atom. The molecular weight excluding hydrogens is 490 g/mol. The fraction of sp³-hybridized carbons (Fsp3) is 0.435. The average Bonchev–Trinajstić information content (AvgIpc) is 3.28. The van der Waals surface area contributed by atoms with E-state index in [0.29, 0.717) is 12.2 Å². The number of anilines is 1. The molecule has 0 aromatic carbocycles. The molecule has 0 radical (unpaired) electrons. The van der Waals surface area contributed by atoms with Crippen LogP contribution in [0.1, 0.15) is 23.2 Å². The molecule has 0 bridgehead atoms. The lowest BCUT2D eigenvalue weighted by molar-refractivity contribution is -0.134. The molecule has 4 heterocycles. The van der Waals surface area contributed by atoms with Gasteiger partial charge in [0.15, 0.2) is 0 Å². The van der Waals surface area contributed by atoms with E-state index in [4.69, 9.17) is 10.2 Å². The monoisotopic (exact) mass is 519 g/mol. The largest absolute Gasteiger partial charge is 0.478 e. The van der Waals surface area contributed by atoms with Crippen LogP contribution in [-0.4, -0.2) is 99.4 Å². The Labute approximate surface area is 212 Å². The highest BCUT2D eigenvalue weighted by Crippen LogP contribution is 2.32. The molecule has 2 N–H and O–H groups in total. The van der Waals surface area contributed by atoms with Gasteiger partial charge in [-0.15, -0.1) is 23.1 Å². The number of thioether (sulfide) groups is 1. The van der Waals surface area contributed by atoms with E-state index >= 15 is 0 Å². The molecule has 0 aliphatic carbocycles. The molecule has 0 unspecified atom stereocenters. The van der Waals surface area contributed by atoms with Gasteiger partial charge in [0, 0.05) is 69.6 Å². The van der Waals surface area contributed by atoms with Gasteiger partial charge in [-0.1, -0.05) is 0 Å². The number of amides is 1. The van der Waals surface area contributed by atoms with E-state index in [1.165, 1.54) is 4.21 Å². The van der Waals surface area contributed by atoms with E-state index in [0.717, 1.165) is 75.9 Å². The number of fused-ring (bicyclic) bond motifs is 1. The highest BCUT2D eigenvalue weighted by atomic mass is 32.2. The maximum atomic E-state index is 12.7. The Bertz CT molecular complexity index is 993. The minimum Gasteiger partial charge on any atom is -0.478 e. The molecule has 0 spiro atoms.